The normalized spacial score (nSPS) is 24.7. The Morgan fingerprint density at radius 2 is 1.86 bits per heavy atom. The Kier molecular flexibility index (Phi) is 3.50. The van der Waals surface area contributed by atoms with Crippen LogP contribution in [0.25, 0.3) is 0 Å². The topological polar surface area (TPSA) is 45.2 Å². The van der Waals surface area contributed by atoms with E-state index in [-0.39, 0.29) is 0 Å². The molecule has 0 N–H and O–H groups in total. The Morgan fingerprint density at radius 3 is 2.68 bits per heavy atom. The molecule has 2 aliphatic heterocycles. The van der Waals surface area contributed by atoms with E-state index in [0.717, 1.165) is 31.3 Å². The maximum Gasteiger partial charge on any atom is 0.225 e. The summed E-state index contributed by atoms with van der Waals surface area (Å²) in [6.45, 7) is 5.19. The van der Waals surface area contributed by atoms with Crippen molar-refractivity contribution >= 4 is 5.95 Å². The van der Waals surface area contributed by atoms with Crippen LogP contribution in [0.1, 0.15) is 24.2 Å². The van der Waals surface area contributed by atoms with Gasteiger partial charge in [-0.25, -0.2) is 9.97 Å². The summed E-state index contributed by atoms with van der Waals surface area (Å²) < 4.78 is 0. The van der Waals surface area contributed by atoms with E-state index < -0.39 is 0 Å². The van der Waals surface area contributed by atoms with Crippen LogP contribution in [0.2, 0.25) is 0 Å². The minimum Gasteiger partial charge on any atom is -0.336 e. The van der Waals surface area contributed by atoms with Gasteiger partial charge in [-0.2, -0.15) is 0 Å². The molecule has 2 saturated heterocycles. The van der Waals surface area contributed by atoms with Crippen LogP contribution in [-0.2, 0) is 6.54 Å². The second kappa shape index (κ2) is 5.65. The molecule has 0 aliphatic carbocycles. The molecule has 5 nitrogen and oxygen atoms in total. The Hall–Kier alpha value is -2.01. The number of pyridine rings is 1. The fraction of sp³-hybridized carbons (Fsp3) is 0.471. The molecule has 114 valence electrons. The third-order valence-electron chi connectivity index (χ3n) is 4.81. The second-order valence-electron chi connectivity index (χ2n) is 6.20. The zero-order valence-electron chi connectivity index (χ0n) is 12.9. The predicted octanol–water partition coefficient (Wildman–Crippen LogP) is 2.03. The number of hydrogen-bond acceptors (Lipinski definition) is 5. The van der Waals surface area contributed by atoms with Crippen molar-refractivity contribution in [1.82, 2.24) is 19.9 Å². The van der Waals surface area contributed by atoms with Crippen molar-refractivity contribution in [2.75, 3.05) is 18.0 Å². The van der Waals surface area contributed by atoms with Crippen LogP contribution in [-0.4, -0.2) is 45.0 Å². The average molecular weight is 295 g/mol. The number of aryl methyl sites for hydroxylation is 1. The molecule has 0 spiro atoms. The molecule has 5 heteroatoms. The first-order valence-electron chi connectivity index (χ1n) is 8.01. The molecule has 2 unspecified atom stereocenters. The van der Waals surface area contributed by atoms with Gasteiger partial charge >= 0.3 is 0 Å². The highest BCUT2D eigenvalue weighted by molar-refractivity contribution is 5.35. The minimum atomic E-state index is 0.548. The van der Waals surface area contributed by atoms with Crippen LogP contribution in [0.3, 0.4) is 0 Å². The van der Waals surface area contributed by atoms with Crippen LogP contribution in [0.5, 0.6) is 0 Å². The monoisotopic (exact) mass is 295 g/mol. The van der Waals surface area contributed by atoms with Gasteiger partial charge in [-0.3, -0.25) is 9.88 Å². The van der Waals surface area contributed by atoms with Crippen LogP contribution in [0.4, 0.5) is 5.95 Å². The second-order valence-corrected chi connectivity index (χ2v) is 6.20. The van der Waals surface area contributed by atoms with Gasteiger partial charge in [0.15, 0.2) is 0 Å². The molecule has 2 aliphatic rings. The van der Waals surface area contributed by atoms with E-state index in [1.165, 1.54) is 18.5 Å². The predicted molar refractivity (Wildman–Crippen MR) is 85.6 cm³/mol. The number of anilines is 1. The van der Waals surface area contributed by atoms with Crippen molar-refractivity contribution < 1.29 is 0 Å². The van der Waals surface area contributed by atoms with Gasteiger partial charge in [0.2, 0.25) is 5.95 Å². The maximum atomic E-state index is 4.65. The molecule has 0 amide bonds. The molecule has 0 radical (unpaired) electrons. The third-order valence-corrected chi connectivity index (χ3v) is 4.81. The average Bonchev–Trinajstić information content (AvgIpc) is 3.11. The van der Waals surface area contributed by atoms with Crippen LogP contribution in [0, 0.1) is 6.92 Å². The Bertz CT molecular complexity index is 645. The molecule has 2 aromatic rings. The van der Waals surface area contributed by atoms with Gasteiger partial charge in [-0.1, -0.05) is 6.07 Å². The first kappa shape index (κ1) is 13.6. The zero-order chi connectivity index (χ0) is 14.9. The van der Waals surface area contributed by atoms with Gasteiger partial charge in [0.25, 0.3) is 0 Å². The lowest BCUT2D eigenvalue weighted by Crippen LogP contribution is -2.37. The van der Waals surface area contributed by atoms with Crippen molar-refractivity contribution in [3.8, 4) is 0 Å². The molecule has 0 bridgehead atoms. The van der Waals surface area contributed by atoms with Crippen LogP contribution < -0.4 is 4.90 Å². The van der Waals surface area contributed by atoms with Gasteiger partial charge in [0.05, 0.1) is 5.69 Å². The largest absolute Gasteiger partial charge is 0.336 e. The SMILES string of the molecule is Cc1cccc(CN2CCC3C2CCN3c2ncccn2)n1. The summed E-state index contributed by atoms with van der Waals surface area (Å²) in [6, 6.07) is 9.32. The molecule has 22 heavy (non-hydrogen) atoms. The van der Waals surface area contributed by atoms with Gasteiger partial charge in [0, 0.05) is 49.8 Å². The van der Waals surface area contributed by atoms with E-state index in [2.05, 4.69) is 49.9 Å². The lowest BCUT2D eigenvalue weighted by molar-refractivity contribution is 0.243. The summed E-state index contributed by atoms with van der Waals surface area (Å²) in [4.78, 5) is 18.5. The standard InChI is InChI=1S/C17H21N5/c1-13-4-2-5-14(20-13)12-21-10-6-16-15(21)7-11-22(16)17-18-8-3-9-19-17/h2-5,8-9,15-16H,6-7,10-12H2,1H3. The Labute approximate surface area is 131 Å². The molecule has 2 fully saturated rings. The fourth-order valence-electron chi connectivity index (χ4n) is 3.86. The van der Waals surface area contributed by atoms with Crippen LogP contribution >= 0.6 is 0 Å². The van der Waals surface area contributed by atoms with E-state index >= 15 is 0 Å². The molecular formula is C17H21N5. The maximum absolute atomic E-state index is 4.65. The summed E-state index contributed by atoms with van der Waals surface area (Å²) >= 11 is 0. The van der Waals surface area contributed by atoms with Crippen molar-refractivity contribution in [2.45, 2.75) is 38.4 Å². The van der Waals surface area contributed by atoms with E-state index in [4.69, 9.17) is 0 Å². The number of likely N-dealkylation sites (tertiary alicyclic amines) is 1. The highest BCUT2D eigenvalue weighted by Gasteiger charge is 2.43. The molecular weight excluding hydrogens is 274 g/mol. The lowest BCUT2D eigenvalue weighted by atomic mass is 10.1. The summed E-state index contributed by atoms with van der Waals surface area (Å²) in [5.41, 5.74) is 2.27. The number of fused-ring (bicyclic) bond motifs is 1. The van der Waals surface area contributed by atoms with Crippen molar-refractivity contribution in [2.24, 2.45) is 0 Å². The summed E-state index contributed by atoms with van der Waals surface area (Å²) in [6.07, 6.45) is 6.04. The van der Waals surface area contributed by atoms with Gasteiger partial charge in [-0.05, 0) is 38.0 Å². The Morgan fingerprint density at radius 1 is 1.05 bits per heavy atom. The van der Waals surface area contributed by atoms with E-state index in [0.29, 0.717) is 12.1 Å². The van der Waals surface area contributed by atoms with Gasteiger partial charge in [-0.15, -0.1) is 0 Å². The summed E-state index contributed by atoms with van der Waals surface area (Å²) in [5, 5.41) is 0. The minimum absolute atomic E-state index is 0.548. The van der Waals surface area contributed by atoms with Crippen LogP contribution in [0.15, 0.2) is 36.7 Å². The zero-order valence-corrected chi connectivity index (χ0v) is 12.9. The van der Waals surface area contributed by atoms with Gasteiger partial charge in [0.1, 0.15) is 0 Å². The number of nitrogens with zero attached hydrogens (tertiary/aromatic N) is 5. The molecule has 2 aromatic heterocycles. The molecule has 4 rings (SSSR count). The first-order chi connectivity index (χ1) is 10.8. The fourth-order valence-corrected chi connectivity index (χ4v) is 3.86. The molecule has 2 atom stereocenters. The molecule has 0 saturated carbocycles. The highest BCUT2D eigenvalue weighted by Crippen LogP contribution is 2.34. The number of rotatable bonds is 3. The smallest absolute Gasteiger partial charge is 0.225 e. The van der Waals surface area contributed by atoms with Crippen molar-refractivity contribution in [1.29, 1.82) is 0 Å². The van der Waals surface area contributed by atoms with E-state index in [1.54, 1.807) is 0 Å². The molecule has 4 heterocycles. The number of aromatic nitrogens is 3. The summed E-state index contributed by atoms with van der Waals surface area (Å²) in [7, 11) is 0. The molecule has 0 aromatic carbocycles. The first-order valence-corrected chi connectivity index (χ1v) is 8.01. The quantitative estimate of drug-likeness (QED) is 0.867. The van der Waals surface area contributed by atoms with Crippen molar-refractivity contribution in [3.63, 3.8) is 0 Å². The lowest BCUT2D eigenvalue weighted by Gasteiger charge is -2.25. The van der Waals surface area contributed by atoms with Crippen molar-refractivity contribution in [3.05, 3.63) is 48.0 Å². The third kappa shape index (κ3) is 2.46. The van der Waals surface area contributed by atoms with Gasteiger partial charge < -0.3 is 4.90 Å². The summed E-state index contributed by atoms with van der Waals surface area (Å²) in [5.74, 6) is 0.880. The van der Waals surface area contributed by atoms with E-state index in [9.17, 15) is 0 Å². The highest BCUT2D eigenvalue weighted by atomic mass is 15.4. The Balaban J connectivity index is 1.49. The number of hydrogen-bond donors (Lipinski definition) is 0. The van der Waals surface area contributed by atoms with E-state index in [1.807, 2.05) is 18.5 Å².